The number of nitrogens with one attached hydrogen (secondary N) is 1. The van der Waals surface area contributed by atoms with Crippen LogP contribution < -0.4 is 10.3 Å². The van der Waals surface area contributed by atoms with E-state index in [2.05, 4.69) is 5.27 Å². The summed E-state index contributed by atoms with van der Waals surface area (Å²) in [4.78, 5) is 34.5. The van der Waals surface area contributed by atoms with Crippen LogP contribution in [0.3, 0.4) is 0 Å². The monoisotopic (exact) mass is 321 g/mol. The quantitative estimate of drug-likeness (QED) is 0.652. The predicted octanol–water partition coefficient (Wildman–Crippen LogP) is 1.05. The van der Waals surface area contributed by atoms with Crippen molar-refractivity contribution in [1.82, 2.24) is 5.27 Å². The maximum atomic E-state index is 11.8. The maximum Gasteiger partial charge on any atom is 0.434 e. The molecule has 8 nitrogen and oxygen atoms in total. The number of nitrogens with zero attached hydrogens (tertiary/aromatic N) is 1. The summed E-state index contributed by atoms with van der Waals surface area (Å²) in [5, 5.41) is 2.44. The first-order valence-electron chi connectivity index (χ1n) is 7.02. The average Bonchev–Trinajstić information content (AvgIpc) is 2.89. The van der Waals surface area contributed by atoms with Crippen LogP contribution in [0.1, 0.15) is 42.9 Å². The number of rotatable bonds is 5. The van der Waals surface area contributed by atoms with Gasteiger partial charge < -0.3 is 9.47 Å². The molecule has 23 heavy (non-hydrogen) atoms. The Morgan fingerprint density at radius 1 is 1.30 bits per heavy atom. The van der Waals surface area contributed by atoms with Crippen molar-refractivity contribution < 1.29 is 28.3 Å². The zero-order valence-corrected chi connectivity index (χ0v) is 13.0. The molecule has 0 amide bonds. The second-order valence-electron chi connectivity index (χ2n) is 4.72. The minimum Gasteiger partial charge on any atom is -0.462 e. The smallest absolute Gasteiger partial charge is 0.434 e. The molecule has 1 aromatic heterocycles. The molecule has 0 aliphatic carbocycles. The van der Waals surface area contributed by atoms with Gasteiger partial charge in [-0.25, -0.2) is 9.59 Å². The molecule has 1 heterocycles. The summed E-state index contributed by atoms with van der Waals surface area (Å²) in [6.07, 6.45) is -0.792. The van der Waals surface area contributed by atoms with Crippen LogP contribution in [0.5, 0.6) is 0 Å². The molecule has 0 aliphatic heterocycles. The van der Waals surface area contributed by atoms with Gasteiger partial charge in [-0.1, -0.05) is 0 Å². The van der Waals surface area contributed by atoms with E-state index < -0.39 is 23.7 Å². The topological polar surface area (TPSA) is 102 Å². The molecular weight excluding hydrogens is 304 g/mol. The van der Waals surface area contributed by atoms with Crippen molar-refractivity contribution in [3.05, 3.63) is 45.9 Å². The van der Waals surface area contributed by atoms with Crippen LogP contribution in [0, 0.1) is 0 Å². The summed E-state index contributed by atoms with van der Waals surface area (Å²) in [5.41, 5.74) is 0.409. The molecule has 0 radical (unpaired) electrons. The molecule has 122 valence electrons. The van der Waals surface area contributed by atoms with Gasteiger partial charge in [0.1, 0.15) is 0 Å². The van der Waals surface area contributed by atoms with E-state index in [1.165, 1.54) is 11.6 Å². The first-order valence-corrected chi connectivity index (χ1v) is 7.02. The van der Waals surface area contributed by atoms with Gasteiger partial charge in [0.2, 0.25) is 5.69 Å². The van der Waals surface area contributed by atoms with Crippen molar-refractivity contribution in [3.63, 3.8) is 0 Å². The molecule has 1 atom stereocenters. The van der Waals surface area contributed by atoms with Crippen LogP contribution in [-0.4, -0.2) is 23.8 Å². The lowest BCUT2D eigenvalue weighted by molar-refractivity contribution is -0.680. The first-order chi connectivity index (χ1) is 10.9. The van der Waals surface area contributed by atoms with Gasteiger partial charge in [-0.3, -0.25) is 9.32 Å². The Morgan fingerprint density at radius 3 is 2.52 bits per heavy atom. The van der Waals surface area contributed by atoms with E-state index in [1.807, 2.05) is 0 Å². The first kappa shape index (κ1) is 16.5. The summed E-state index contributed by atoms with van der Waals surface area (Å²) < 4.78 is 16.0. The second kappa shape index (κ2) is 6.91. The molecule has 2 rings (SSSR count). The lowest BCUT2D eigenvalue weighted by Gasteiger charge is -2.05. The number of hydrogen-bond acceptors (Lipinski definition) is 6. The summed E-state index contributed by atoms with van der Waals surface area (Å²) in [7, 11) is 0. The number of benzene rings is 1. The van der Waals surface area contributed by atoms with Crippen LogP contribution in [0.4, 0.5) is 0 Å². The van der Waals surface area contributed by atoms with Gasteiger partial charge >= 0.3 is 23.3 Å². The Morgan fingerprint density at radius 2 is 1.96 bits per heavy atom. The predicted molar refractivity (Wildman–Crippen MR) is 77.0 cm³/mol. The molecule has 1 aromatic carbocycles. The number of esters is 2. The van der Waals surface area contributed by atoms with Crippen LogP contribution >= 0.6 is 0 Å². The third-order valence-corrected chi connectivity index (χ3v) is 3.04. The van der Waals surface area contributed by atoms with Crippen molar-refractivity contribution in [2.45, 2.75) is 26.9 Å². The fourth-order valence-corrected chi connectivity index (χ4v) is 2.09. The summed E-state index contributed by atoms with van der Waals surface area (Å²) in [5.74, 6) is -0.944. The molecule has 8 heteroatoms. The fraction of sp³-hybridized carbons (Fsp3) is 0.333. The highest BCUT2D eigenvalue weighted by Crippen LogP contribution is 2.12. The zero-order valence-electron chi connectivity index (χ0n) is 13.0. The van der Waals surface area contributed by atoms with Gasteiger partial charge in [0, 0.05) is 19.1 Å². The van der Waals surface area contributed by atoms with E-state index in [0.717, 1.165) is 0 Å². The highest BCUT2D eigenvalue weighted by Gasteiger charge is 2.31. The number of aromatic amines is 1. The Bertz CT molecular complexity index is 759. The van der Waals surface area contributed by atoms with Crippen molar-refractivity contribution in [3.8, 4) is 5.69 Å². The highest BCUT2D eigenvalue weighted by molar-refractivity contribution is 5.89. The molecule has 0 aliphatic rings. The Labute approximate surface area is 131 Å². The average molecular weight is 321 g/mol. The van der Waals surface area contributed by atoms with Crippen LogP contribution in [0.15, 0.2) is 33.6 Å². The van der Waals surface area contributed by atoms with Crippen molar-refractivity contribution in [2.24, 2.45) is 0 Å². The van der Waals surface area contributed by atoms with Crippen LogP contribution in [0.2, 0.25) is 0 Å². The molecule has 1 N–H and O–H groups in total. The Hall–Kier alpha value is -2.90. The van der Waals surface area contributed by atoms with E-state index in [9.17, 15) is 14.4 Å². The van der Waals surface area contributed by atoms with Gasteiger partial charge in [-0.15, -0.1) is 0 Å². The molecule has 0 bridgehead atoms. The van der Waals surface area contributed by atoms with Gasteiger partial charge in [-0.05, 0) is 35.9 Å². The van der Waals surface area contributed by atoms with Crippen LogP contribution in [-0.2, 0) is 14.3 Å². The molecule has 0 saturated carbocycles. The number of carbonyl (C=O) groups excluding carboxylic acids is 2. The normalized spacial score (nSPS) is 11.8. The largest absolute Gasteiger partial charge is 0.462 e. The van der Waals surface area contributed by atoms with Crippen molar-refractivity contribution in [2.75, 3.05) is 6.61 Å². The number of H-pyrrole nitrogens is 1. The minimum absolute atomic E-state index is 0.129. The number of aromatic nitrogens is 2. The number of ether oxygens (including phenoxy) is 2. The summed E-state index contributed by atoms with van der Waals surface area (Å²) in [6, 6.07) is 6.35. The standard InChI is InChI=1S/C15H16N2O6/c1-4-21-14(19)11-5-7-12(8-6-11)17-13(15(20)23-16-17)9(2)22-10(3)18/h5-9H,4H2,1-3H3/p+1. The van der Waals surface area contributed by atoms with E-state index in [-0.39, 0.29) is 12.3 Å². The molecule has 2 aromatic rings. The maximum absolute atomic E-state index is 11.8. The molecule has 0 fully saturated rings. The molecule has 0 spiro atoms. The van der Waals surface area contributed by atoms with Gasteiger partial charge in [0.25, 0.3) is 0 Å². The van der Waals surface area contributed by atoms with Gasteiger partial charge in [-0.2, -0.15) is 0 Å². The van der Waals surface area contributed by atoms with Crippen LogP contribution in [0.25, 0.3) is 5.69 Å². The molecular formula is C15H17N2O6+. The highest BCUT2D eigenvalue weighted by atomic mass is 16.6. The lowest BCUT2D eigenvalue weighted by Crippen LogP contribution is -2.40. The zero-order chi connectivity index (χ0) is 17.0. The molecule has 0 saturated heterocycles. The van der Waals surface area contributed by atoms with Crippen molar-refractivity contribution >= 4 is 11.9 Å². The van der Waals surface area contributed by atoms with Gasteiger partial charge in [0.15, 0.2) is 6.10 Å². The van der Waals surface area contributed by atoms with E-state index in [1.54, 1.807) is 38.1 Å². The third-order valence-electron chi connectivity index (χ3n) is 3.04. The Balaban J connectivity index is 2.34. The minimum atomic E-state index is -0.792. The lowest BCUT2D eigenvalue weighted by atomic mass is 10.2. The SMILES string of the molecule is CCOC(=O)c1ccc(-[n+]2[nH]oc(=O)c2C(C)OC(C)=O)cc1. The van der Waals surface area contributed by atoms with Crippen molar-refractivity contribution in [1.29, 1.82) is 0 Å². The number of carbonyl (C=O) groups is 2. The summed E-state index contributed by atoms with van der Waals surface area (Å²) in [6.45, 7) is 4.82. The third kappa shape index (κ3) is 3.65. The second-order valence-corrected chi connectivity index (χ2v) is 4.72. The fourth-order valence-electron chi connectivity index (χ4n) is 2.09. The van der Waals surface area contributed by atoms with Gasteiger partial charge in [0.05, 0.1) is 12.2 Å². The Kier molecular flexibility index (Phi) is 4.95. The van der Waals surface area contributed by atoms with E-state index >= 15 is 0 Å². The summed E-state index contributed by atoms with van der Waals surface area (Å²) >= 11 is 0. The molecule has 1 unspecified atom stereocenters. The number of hydrogen-bond donors (Lipinski definition) is 1. The van der Waals surface area contributed by atoms with E-state index in [0.29, 0.717) is 11.3 Å². The van der Waals surface area contributed by atoms with E-state index in [4.69, 9.17) is 14.0 Å².